The number of hydrogen-bond donors (Lipinski definition) is 2. The van der Waals surface area contributed by atoms with Crippen molar-refractivity contribution in [1.29, 1.82) is 0 Å². The predicted octanol–water partition coefficient (Wildman–Crippen LogP) is 5.83. The summed E-state index contributed by atoms with van der Waals surface area (Å²) in [5.74, 6) is -1.18. The number of ether oxygens (including phenoxy) is 1. The van der Waals surface area contributed by atoms with E-state index in [1.807, 2.05) is 0 Å². The van der Waals surface area contributed by atoms with Crippen LogP contribution >= 0.6 is 11.6 Å². The van der Waals surface area contributed by atoms with E-state index in [-0.39, 0.29) is 38.6 Å². The highest BCUT2D eigenvalue weighted by Crippen LogP contribution is 2.43. The molecule has 0 aliphatic heterocycles. The van der Waals surface area contributed by atoms with Gasteiger partial charge in [0.1, 0.15) is 28.5 Å². The Morgan fingerprint density at radius 2 is 1.85 bits per heavy atom. The number of urea groups is 1. The van der Waals surface area contributed by atoms with E-state index in [2.05, 4.69) is 24.7 Å². The van der Waals surface area contributed by atoms with Crippen LogP contribution < -0.4 is 19.7 Å². The first kappa shape index (κ1) is 28.6. The number of methoxy groups -OCH3 is 1. The van der Waals surface area contributed by atoms with Crippen LogP contribution in [-0.2, 0) is 16.2 Å². The Kier molecular flexibility index (Phi) is 7.88. The van der Waals surface area contributed by atoms with Gasteiger partial charge in [0.15, 0.2) is 5.82 Å². The number of halogens is 5. The first-order valence-corrected chi connectivity index (χ1v) is 12.9. The van der Waals surface area contributed by atoms with E-state index in [4.69, 9.17) is 16.3 Å². The topological polar surface area (TPSA) is 127 Å². The lowest BCUT2D eigenvalue weighted by Crippen LogP contribution is -2.35. The molecule has 2 aromatic heterocycles. The smallest absolute Gasteiger partial charge is 0.416 e. The molecule has 2 N–H and O–H groups in total. The summed E-state index contributed by atoms with van der Waals surface area (Å²) in [6, 6.07) is 7.16. The van der Waals surface area contributed by atoms with E-state index in [9.17, 15) is 30.8 Å². The number of anilines is 3. The summed E-state index contributed by atoms with van der Waals surface area (Å²) >= 11 is 6.38. The zero-order valence-electron chi connectivity index (χ0n) is 20.5. The number of hydrogen-bond acceptors (Lipinski definition) is 7. The number of pyridine rings is 1. The molecule has 0 aliphatic carbocycles. The Labute approximate surface area is 229 Å². The van der Waals surface area contributed by atoms with Crippen molar-refractivity contribution in [2.45, 2.75) is 11.1 Å². The second kappa shape index (κ2) is 11.0. The van der Waals surface area contributed by atoms with Crippen LogP contribution in [0.3, 0.4) is 0 Å². The summed E-state index contributed by atoms with van der Waals surface area (Å²) in [7, 11) is -1.57. The molecule has 0 atom stereocenters. The fraction of sp³-hybridized carbons (Fsp3) is 0.125. The van der Waals surface area contributed by atoms with Gasteiger partial charge in [-0.1, -0.05) is 16.8 Å². The van der Waals surface area contributed by atoms with Gasteiger partial charge in [0, 0.05) is 30.4 Å². The van der Waals surface area contributed by atoms with Gasteiger partial charge in [-0.05, 0) is 42.5 Å². The maximum atomic E-state index is 14.6. The number of nitrogens with one attached hydrogen (secondary N) is 2. The van der Waals surface area contributed by atoms with E-state index in [0.29, 0.717) is 18.2 Å². The highest BCUT2D eigenvalue weighted by atomic mass is 35.5. The molecule has 0 aliphatic rings. The summed E-state index contributed by atoms with van der Waals surface area (Å²) in [6.07, 6.45) is -2.58. The van der Waals surface area contributed by atoms with Crippen LogP contribution in [0.4, 0.5) is 39.7 Å². The Balaban J connectivity index is 1.77. The van der Waals surface area contributed by atoms with Crippen molar-refractivity contribution in [3.8, 4) is 16.9 Å². The third-order valence-electron chi connectivity index (χ3n) is 5.45. The fourth-order valence-corrected chi connectivity index (χ4v) is 4.77. The quantitative estimate of drug-likeness (QED) is 0.256. The normalized spacial score (nSPS) is 11.7. The molecule has 0 radical (unpaired) electrons. The van der Waals surface area contributed by atoms with E-state index >= 15 is 0 Å². The number of benzene rings is 2. The van der Waals surface area contributed by atoms with Gasteiger partial charge in [-0.3, -0.25) is 4.72 Å². The zero-order chi connectivity index (χ0) is 29.2. The summed E-state index contributed by atoms with van der Waals surface area (Å²) in [4.78, 5) is 17.7. The van der Waals surface area contributed by atoms with Crippen LogP contribution in [-0.4, -0.2) is 38.7 Å². The third-order valence-corrected chi connectivity index (χ3v) is 7.10. The summed E-state index contributed by atoms with van der Waals surface area (Å²) < 4.78 is 91.7. The second-order valence-electron chi connectivity index (χ2n) is 7.93. The summed E-state index contributed by atoms with van der Waals surface area (Å²) in [5.41, 5.74) is -1.68. The van der Waals surface area contributed by atoms with E-state index in [1.165, 1.54) is 50.8 Å². The molecule has 0 unspecified atom stereocenters. The van der Waals surface area contributed by atoms with Crippen LogP contribution in [0.1, 0.15) is 5.56 Å². The maximum absolute atomic E-state index is 14.6. The minimum Gasteiger partial charge on any atom is -0.495 e. The highest BCUT2D eigenvalue weighted by Gasteiger charge is 2.32. The average molecular weight is 600 g/mol. The summed E-state index contributed by atoms with van der Waals surface area (Å²) in [6.45, 7) is 0. The predicted molar refractivity (Wildman–Crippen MR) is 137 cm³/mol. The van der Waals surface area contributed by atoms with Crippen LogP contribution in [0.2, 0.25) is 5.02 Å². The van der Waals surface area contributed by atoms with Crippen LogP contribution in [0, 0.1) is 5.82 Å². The highest BCUT2D eigenvalue weighted by molar-refractivity contribution is 7.92. The lowest BCUT2D eigenvalue weighted by Gasteiger charge is -2.24. The number of nitrogens with zero attached hydrogens (tertiary/aromatic N) is 3. The second-order valence-corrected chi connectivity index (χ2v) is 10.0. The largest absolute Gasteiger partial charge is 0.495 e. The molecular formula is C24H18ClF4N5O5S. The van der Waals surface area contributed by atoms with Crippen molar-refractivity contribution < 1.29 is 40.0 Å². The molecule has 0 saturated heterocycles. The van der Waals surface area contributed by atoms with E-state index in [1.54, 1.807) is 0 Å². The first-order chi connectivity index (χ1) is 18.9. The lowest BCUT2D eigenvalue weighted by atomic mass is 10.0. The monoisotopic (exact) mass is 599 g/mol. The van der Waals surface area contributed by atoms with Gasteiger partial charge in [0.2, 0.25) is 0 Å². The van der Waals surface area contributed by atoms with Crippen LogP contribution in [0.25, 0.3) is 11.1 Å². The van der Waals surface area contributed by atoms with Crippen molar-refractivity contribution in [1.82, 2.24) is 15.5 Å². The number of carbonyl (C=O) groups excluding carboxylic acids is 1. The van der Waals surface area contributed by atoms with Crippen molar-refractivity contribution in [3.63, 3.8) is 0 Å². The molecule has 4 rings (SSSR count). The average Bonchev–Trinajstić information content (AvgIpc) is 3.41. The van der Waals surface area contributed by atoms with Crippen molar-refractivity contribution >= 4 is 45.0 Å². The number of aromatic nitrogens is 2. The van der Waals surface area contributed by atoms with Crippen molar-refractivity contribution in [2.24, 2.45) is 0 Å². The van der Waals surface area contributed by atoms with E-state index < -0.39 is 39.2 Å². The minimum absolute atomic E-state index is 0.0215. The molecule has 40 heavy (non-hydrogen) atoms. The lowest BCUT2D eigenvalue weighted by molar-refractivity contribution is -0.137. The number of sulfonamides is 1. The molecule has 2 amide bonds. The minimum atomic E-state index is -4.73. The van der Waals surface area contributed by atoms with Gasteiger partial charge < -0.3 is 14.6 Å². The molecule has 16 heteroatoms. The van der Waals surface area contributed by atoms with Crippen molar-refractivity contribution in [3.05, 3.63) is 77.4 Å². The molecule has 0 saturated carbocycles. The first-order valence-electron chi connectivity index (χ1n) is 11.0. The molecule has 10 nitrogen and oxygen atoms in total. The number of rotatable bonds is 7. The van der Waals surface area contributed by atoms with Gasteiger partial charge >= 0.3 is 12.2 Å². The molecular weight excluding hydrogens is 582 g/mol. The van der Waals surface area contributed by atoms with Crippen LogP contribution in [0.15, 0.2) is 70.4 Å². The Morgan fingerprint density at radius 1 is 1.10 bits per heavy atom. The van der Waals surface area contributed by atoms with Crippen LogP contribution in [0.5, 0.6) is 5.75 Å². The molecule has 2 heterocycles. The number of carbonyl (C=O) groups is 1. The molecule has 0 bridgehead atoms. The standard InChI is InChI=1S/C24H18ClF4N5O5S/c1-30-23(35)34(22-6-4-14(12-31-22)40(36,37)33-21-7-8-39-32-21)19-11-17(25)15(10-20(19)38-2)16-9-13(24(27,28)29)3-5-18(16)26/h3-12H,1-2H3,(H,30,35)(H,32,33). The molecule has 2 aromatic carbocycles. The molecule has 210 valence electrons. The third kappa shape index (κ3) is 5.79. The van der Waals surface area contributed by atoms with Gasteiger partial charge in [-0.25, -0.2) is 27.5 Å². The molecule has 4 aromatic rings. The summed E-state index contributed by atoms with van der Waals surface area (Å²) in [5, 5.41) is 5.66. The zero-order valence-corrected chi connectivity index (χ0v) is 22.0. The van der Waals surface area contributed by atoms with Gasteiger partial charge in [-0.2, -0.15) is 13.2 Å². The molecule has 0 fully saturated rings. The van der Waals surface area contributed by atoms with Gasteiger partial charge in [0.25, 0.3) is 10.0 Å². The molecule has 0 spiro atoms. The Hall–Kier alpha value is -4.37. The number of alkyl halides is 3. The Bertz CT molecular complexity index is 1650. The maximum Gasteiger partial charge on any atom is 0.416 e. The van der Waals surface area contributed by atoms with Crippen molar-refractivity contribution in [2.75, 3.05) is 23.8 Å². The van der Waals surface area contributed by atoms with E-state index in [0.717, 1.165) is 11.1 Å². The SMILES string of the molecule is CNC(=O)N(c1ccc(S(=O)(=O)Nc2ccon2)cn1)c1cc(Cl)c(-c2cc(C(F)(F)F)ccc2F)cc1OC. The van der Waals surface area contributed by atoms with Gasteiger partial charge in [0.05, 0.1) is 23.4 Å². The van der Waals surface area contributed by atoms with Gasteiger partial charge in [-0.15, -0.1) is 0 Å². The Morgan fingerprint density at radius 3 is 2.42 bits per heavy atom. The number of amides is 2. The fourth-order valence-electron chi connectivity index (χ4n) is 3.57.